The Morgan fingerprint density at radius 1 is 1.16 bits per heavy atom. The van der Waals surface area contributed by atoms with Crippen LogP contribution in [0.1, 0.15) is 53.5 Å². The van der Waals surface area contributed by atoms with E-state index in [-0.39, 0.29) is 30.2 Å². The molecule has 7 nitrogen and oxygen atoms in total. The van der Waals surface area contributed by atoms with Gasteiger partial charge in [0.05, 0.1) is 37.3 Å². The highest BCUT2D eigenvalue weighted by atomic mass is 28.4. The summed E-state index contributed by atoms with van der Waals surface area (Å²) in [6.45, 7) is 19.5. The first-order valence-electron chi connectivity index (χ1n) is 12.9. The molecule has 1 aliphatic heterocycles. The van der Waals surface area contributed by atoms with Crippen molar-refractivity contribution in [2.45, 2.75) is 96.4 Å². The van der Waals surface area contributed by atoms with Gasteiger partial charge in [-0.15, -0.1) is 6.58 Å². The second kappa shape index (κ2) is 12.3. The maximum Gasteiger partial charge on any atom is 0.410 e. The topological polar surface area (TPSA) is 85.3 Å². The molecule has 1 aromatic carbocycles. The molecule has 0 unspecified atom stereocenters. The van der Waals surface area contributed by atoms with Gasteiger partial charge < -0.3 is 19.0 Å². The van der Waals surface area contributed by atoms with Crippen molar-refractivity contribution in [1.29, 1.82) is 0 Å². The van der Waals surface area contributed by atoms with Crippen LogP contribution < -0.4 is 0 Å². The highest BCUT2D eigenvalue weighted by Gasteiger charge is 2.50. The summed E-state index contributed by atoms with van der Waals surface area (Å²) in [6.07, 6.45) is -0.236. The lowest BCUT2D eigenvalue weighted by Crippen LogP contribution is -2.55. The van der Waals surface area contributed by atoms with Crippen molar-refractivity contribution in [3.05, 3.63) is 48.1 Å². The number of likely N-dealkylation sites (tertiary alicyclic amines) is 1. The SMILES string of the molecule is C=CCO[C@@H]1C[C@H]([C@@H](O[Si](C)(C)C(C)(C)C)[C@H](Cc2cc(F)cc(F)c2)C(=O)O)N(C(=O)OC(C)(C)C)C1. The minimum atomic E-state index is -2.59. The molecule has 4 atom stereocenters. The molecular formula is C28H43F2NO6Si. The van der Waals surface area contributed by atoms with E-state index in [0.29, 0.717) is 6.42 Å². The average molecular weight is 556 g/mol. The molecule has 1 saturated heterocycles. The average Bonchev–Trinajstić information content (AvgIpc) is 3.16. The van der Waals surface area contributed by atoms with Gasteiger partial charge in [0.2, 0.25) is 0 Å². The third-order valence-electron chi connectivity index (χ3n) is 7.09. The molecule has 1 aromatic rings. The minimum Gasteiger partial charge on any atom is -0.481 e. The molecule has 0 saturated carbocycles. The van der Waals surface area contributed by atoms with Gasteiger partial charge in [0.25, 0.3) is 0 Å². The maximum atomic E-state index is 14.0. The number of halogens is 2. The standard InChI is InChI=1S/C28H43F2NO6Si/c1-10-11-35-21-16-23(31(17-21)26(34)36-27(2,3)4)24(37-38(8,9)28(5,6)7)22(25(32)33)14-18-12-19(29)15-20(30)13-18/h10,12-13,15,21-24H,1,11,14,16-17H2,2-9H3,(H,32,33)/t21-,22+,23-,24+/m1/s1. The van der Waals surface area contributed by atoms with Crippen molar-refractivity contribution < 1.29 is 37.4 Å². The molecule has 2 rings (SSSR count). The van der Waals surface area contributed by atoms with Crippen LogP contribution in [-0.4, -0.2) is 67.4 Å². The van der Waals surface area contributed by atoms with E-state index in [2.05, 4.69) is 6.58 Å². The second-order valence-electron chi connectivity index (χ2n) is 12.4. The minimum absolute atomic E-state index is 0.180. The third-order valence-corrected chi connectivity index (χ3v) is 11.6. The molecule has 0 radical (unpaired) electrons. The van der Waals surface area contributed by atoms with Gasteiger partial charge in [0.1, 0.15) is 17.2 Å². The van der Waals surface area contributed by atoms with Gasteiger partial charge >= 0.3 is 12.1 Å². The molecule has 10 heteroatoms. The second-order valence-corrected chi connectivity index (χ2v) is 17.2. The van der Waals surface area contributed by atoms with Crippen LogP contribution >= 0.6 is 0 Å². The Balaban J connectivity index is 2.59. The number of benzene rings is 1. The quantitative estimate of drug-likeness (QED) is 0.274. The summed E-state index contributed by atoms with van der Waals surface area (Å²) in [6, 6.07) is 2.29. The number of carboxylic acid groups (broad SMARTS) is 1. The van der Waals surface area contributed by atoms with Crippen molar-refractivity contribution >= 4 is 20.4 Å². The lowest BCUT2D eigenvalue weighted by Gasteiger charge is -2.44. The van der Waals surface area contributed by atoms with Crippen LogP contribution in [0.3, 0.4) is 0 Å². The van der Waals surface area contributed by atoms with Gasteiger partial charge in [0, 0.05) is 6.07 Å². The van der Waals surface area contributed by atoms with E-state index in [0.717, 1.165) is 18.2 Å². The molecule has 1 aliphatic rings. The third kappa shape index (κ3) is 8.61. The summed E-state index contributed by atoms with van der Waals surface area (Å²) in [5, 5.41) is 10.1. The highest BCUT2D eigenvalue weighted by Crippen LogP contribution is 2.41. The molecule has 0 aliphatic carbocycles. The van der Waals surface area contributed by atoms with Gasteiger partial charge in [-0.05, 0) is 69.4 Å². The van der Waals surface area contributed by atoms with E-state index in [9.17, 15) is 23.5 Å². The zero-order valence-corrected chi connectivity index (χ0v) is 24.8. The Hall–Kier alpha value is -2.30. The van der Waals surface area contributed by atoms with Crippen LogP contribution in [0.25, 0.3) is 0 Å². The highest BCUT2D eigenvalue weighted by molar-refractivity contribution is 6.74. The van der Waals surface area contributed by atoms with Crippen molar-refractivity contribution in [1.82, 2.24) is 4.90 Å². The summed E-state index contributed by atoms with van der Waals surface area (Å²) >= 11 is 0. The van der Waals surface area contributed by atoms with E-state index in [1.165, 1.54) is 4.90 Å². The van der Waals surface area contributed by atoms with Crippen LogP contribution in [0.4, 0.5) is 13.6 Å². The molecule has 38 heavy (non-hydrogen) atoms. The fraction of sp³-hybridized carbons (Fsp3) is 0.643. The summed E-state index contributed by atoms with van der Waals surface area (Å²) in [4.78, 5) is 27.6. The lowest BCUT2D eigenvalue weighted by atomic mass is 9.88. The number of hydrogen-bond donors (Lipinski definition) is 1. The van der Waals surface area contributed by atoms with E-state index >= 15 is 0 Å². The zero-order chi connectivity index (χ0) is 29.1. The van der Waals surface area contributed by atoms with Crippen molar-refractivity contribution in [3.63, 3.8) is 0 Å². The smallest absolute Gasteiger partial charge is 0.410 e. The number of carboxylic acids is 1. The predicted octanol–water partition coefficient (Wildman–Crippen LogP) is 6.18. The van der Waals surface area contributed by atoms with Gasteiger partial charge in [-0.1, -0.05) is 26.8 Å². The summed E-state index contributed by atoms with van der Waals surface area (Å²) in [7, 11) is -2.59. The number of ether oxygens (including phenoxy) is 2. The Bertz CT molecular complexity index is 984. The van der Waals surface area contributed by atoms with Crippen LogP contribution in [0.2, 0.25) is 18.1 Å². The van der Waals surface area contributed by atoms with Crippen molar-refractivity contribution in [3.8, 4) is 0 Å². The number of hydrogen-bond acceptors (Lipinski definition) is 5. The van der Waals surface area contributed by atoms with Crippen molar-refractivity contribution in [2.75, 3.05) is 13.2 Å². The number of carbonyl (C=O) groups is 2. The number of amides is 1. The Morgan fingerprint density at radius 2 is 1.74 bits per heavy atom. The van der Waals surface area contributed by atoms with Crippen molar-refractivity contribution in [2.24, 2.45) is 5.92 Å². The van der Waals surface area contributed by atoms with Gasteiger partial charge in [0.15, 0.2) is 8.32 Å². The predicted molar refractivity (Wildman–Crippen MR) is 145 cm³/mol. The summed E-state index contributed by atoms with van der Waals surface area (Å²) < 4.78 is 46.3. The van der Waals surface area contributed by atoms with Crippen LogP contribution in [0.15, 0.2) is 30.9 Å². The van der Waals surface area contributed by atoms with Crippen LogP contribution in [0, 0.1) is 17.6 Å². The lowest BCUT2D eigenvalue weighted by molar-refractivity contribution is -0.146. The summed E-state index contributed by atoms with van der Waals surface area (Å²) in [5.41, 5.74) is -0.581. The first kappa shape index (κ1) is 31.9. The Labute approximate surface area is 226 Å². The van der Waals surface area contributed by atoms with Gasteiger partial charge in [-0.3, -0.25) is 9.69 Å². The van der Waals surface area contributed by atoms with Gasteiger partial charge in [-0.25, -0.2) is 13.6 Å². The van der Waals surface area contributed by atoms with Crippen LogP contribution in [-0.2, 0) is 25.1 Å². The molecule has 1 heterocycles. The fourth-order valence-electron chi connectivity index (χ4n) is 4.27. The Morgan fingerprint density at radius 3 is 2.21 bits per heavy atom. The molecule has 0 bridgehead atoms. The number of nitrogens with zero attached hydrogens (tertiary/aromatic N) is 1. The number of carbonyl (C=O) groups excluding carboxylic acids is 1. The molecule has 1 amide bonds. The summed E-state index contributed by atoms with van der Waals surface area (Å²) in [5.74, 6) is -3.96. The molecule has 1 N–H and O–H groups in total. The largest absolute Gasteiger partial charge is 0.481 e. The number of rotatable bonds is 10. The molecule has 1 fully saturated rings. The number of aliphatic carboxylic acids is 1. The maximum absolute atomic E-state index is 14.0. The first-order chi connectivity index (χ1) is 17.3. The molecular weight excluding hydrogens is 512 g/mol. The normalized spacial score (nSPS) is 20.2. The van der Waals surface area contributed by atoms with Crippen LogP contribution in [0.5, 0.6) is 0 Å². The fourth-order valence-corrected chi connectivity index (χ4v) is 5.62. The first-order valence-corrected chi connectivity index (χ1v) is 15.8. The molecule has 214 valence electrons. The van der Waals surface area contributed by atoms with E-state index < -0.39 is 61.8 Å². The van der Waals surface area contributed by atoms with E-state index in [4.69, 9.17) is 13.9 Å². The van der Waals surface area contributed by atoms with E-state index in [1.54, 1.807) is 26.8 Å². The molecule has 0 spiro atoms. The monoisotopic (exact) mass is 555 g/mol. The van der Waals surface area contributed by atoms with Gasteiger partial charge in [-0.2, -0.15) is 0 Å². The molecule has 0 aromatic heterocycles. The Kier molecular flexibility index (Phi) is 10.3. The van der Waals surface area contributed by atoms with E-state index in [1.807, 2.05) is 33.9 Å². The zero-order valence-electron chi connectivity index (χ0n) is 23.8.